The van der Waals surface area contributed by atoms with Gasteiger partial charge in [0.15, 0.2) is 0 Å². The second-order valence-electron chi connectivity index (χ2n) is 5.73. The number of hydrogen-bond acceptors (Lipinski definition) is 2. The number of terminal acetylenes is 1. The minimum Gasteiger partial charge on any atom is -0.372 e. The lowest BCUT2D eigenvalue weighted by Crippen LogP contribution is -2.30. The van der Waals surface area contributed by atoms with Crippen LogP contribution in [0.2, 0.25) is 0 Å². The smallest absolute Gasteiger partial charge is 0.245 e. The van der Waals surface area contributed by atoms with Crippen LogP contribution in [-0.4, -0.2) is 25.7 Å². The number of amides is 1. The van der Waals surface area contributed by atoms with Crippen LogP contribution in [0.1, 0.15) is 52.9 Å². The molecule has 0 aromatic carbocycles. The van der Waals surface area contributed by atoms with E-state index >= 15 is 0 Å². The first-order chi connectivity index (χ1) is 8.45. The highest BCUT2D eigenvalue weighted by molar-refractivity contribution is 5.77. The van der Waals surface area contributed by atoms with Crippen molar-refractivity contribution in [3.63, 3.8) is 0 Å². The summed E-state index contributed by atoms with van der Waals surface area (Å²) in [7, 11) is 0. The standard InChI is InChI=1S/C15H27NO2/c1-5-6-7-8-9-12-18-13-14(17)16-11-10-15(2,3)4/h1H,6-13H2,2-4H3,(H,16,17). The van der Waals surface area contributed by atoms with Crippen molar-refractivity contribution in [3.05, 3.63) is 0 Å². The van der Waals surface area contributed by atoms with Gasteiger partial charge in [-0.15, -0.1) is 12.3 Å². The van der Waals surface area contributed by atoms with Gasteiger partial charge in [0, 0.05) is 19.6 Å². The normalized spacial score (nSPS) is 11.0. The third-order valence-corrected chi connectivity index (χ3v) is 2.54. The van der Waals surface area contributed by atoms with E-state index in [1.54, 1.807) is 0 Å². The number of carbonyl (C=O) groups is 1. The summed E-state index contributed by atoms with van der Waals surface area (Å²) >= 11 is 0. The van der Waals surface area contributed by atoms with E-state index in [1.807, 2.05) is 0 Å². The van der Waals surface area contributed by atoms with E-state index in [1.165, 1.54) is 0 Å². The molecule has 0 radical (unpaired) electrons. The van der Waals surface area contributed by atoms with Gasteiger partial charge in [0.25, 0.3) is 0 Å². The molecule has 0 aromatic rings. The summed E-state index contributed by atoms with van der Waals surface area (Å²) in [6, 6.07) is 0. The number of rotatable bonds is 9. The first-order valence-electron chi connectivity index (χ1n) is 6.73. The zero-order chi connectivity index (χ0) is 13.9. The zero-order valence-corrected chi connectivity index (χ0v) is 12.1. The summed E-state index contributed by atoms with van der Waals surface area (Å²) in [5.41, 5.74) is 0.255. The van der Waals surface area contributed by atoms with Gasteiger partial charge in [-0.25, -0.2) is 0 Å². The Balaban J connectivity index is 3.30. The Labute approximate surface area is 112 Å². The minimum atomic E-state index is -0.0251. The largest absolute Gasteiger partial charge is 0.372 e. The van der Waals surface area contributed by atoms with Gasteiger partial charge in [0.1, 0.15) is 6.61 Å². The van der Waals surface area contributed by atoms with Crippen LogP contribution in [0, 0.1) is 17.8 Å². The number of nitrogens with one attached hydrogen (secondary N) is 1. The average molecular weight is 253 g/mol. The molecule has 0 aromatic heterocycles. The SMILES string of the molecule is C#CCCCCCOCC(=O)NCCC(C)(C)C. The fourth-order valence-electron chi connectivity index (χ4n) is 1.40. The molecule has 1 N–H and O–H groups in total. The summed E-state index contributed by atoms with van der Waals surface area (Å²) in [6.45, 7) is 7.99. The average Bonchev–Trinajstić information content (AvgIpc) is 2.26. The molecule has 0 atom stereocenters. The van der Waals surface area contributed by atoms with Gasteiger partial charge in [0.05, 0.1) is 0 Å². The van der Waals surface area contributed by atoms with E-state index in [0.29, 0.717) is 13.2 Å². The molecule has 1 amide bonds. The predicted octanol–water partition coefficient (Wildman–Crippen LogP) is 2.75. The quantitative estimate of drug-likeness (QED) is 0.507. The Morgan fingerprint density at radius 1 is 1.28 bits per heavy atom. The van der Waals surface area contributed by atoms with Crippen LogP contribution in [0.3, 0.4) is 0 Å². The first kappa shape index (κ1) is 17.0. The Bertz CT molecular complexity index is 261. The summed E-state index contributed by atoms with van der Waals surface area (Å²) < 4.78 is 5.29. The van der Waals surface area contributed by atoms with Crippen LogP contribution in [0.15, 0.2) is 0 Å². The first-order valence-corrected chi connectivity index (χ1v) is 6.73. The molecule has 3 nitrogen and oxygen atoms in total. The summed E-state index contributed by atoms with van der Waals surface area (Å²) in [6.07, 6.45) is 10.0. The van der Waals surface area contributed by atoms with Gasteiger partial charge in [-0.1, -0.05) is 27.2 Å². The molecule has 0 fully saturated rings. The van der Waals surface area contributed by atoms with Crippen molar-refractivity contribution < 1.29 is 9.53 Å². The maximum absolute atomic E-state index is 11.4. The molecule has 104 valence electrons. The van der Waals surface area contributed by atoms with Crippen molar-refractivity contribution in [3.8, 4) is 12.3 Å². The van der Waals surface area contributed by atoms with Gasteiger partial charge in [0.2, 0.25) is 5.91 Å². The second kappa shape index (κ2) is 9.96. The van der Waals surface area contributed by atoms with E-state index in [9.17, 15) is 4.79 Å². The molecular formula is C15H27NO2. The zero-order valence-electron chi connectivity index (χ0n) is 12.1. The monoisotopic (exact) mass is 253 g/mol. The van der Waals surface area contributed by atoms with Crippen LogP contribution in [-0.2, 0) is 9.53 Å². The van der Waals surface area contributed by atoms with E-state index in [2.05, 4.69) is 32.0 Å². The number of hydrogen-bond donors (Lipinski definition) is 1. The van der Waals surface area contributed by atoms with Gasteiger partial charge >= 0.3 is 0 Å². The Morgan fingerprint density at radius 2 is 2.00 bits per heavy atom. The van der Waals surface area contributed by atoms with Crippen LogP contribution < -0.4 is 5.32 Å². The molecular weight excluding hydrogens is 226 g/mol. The van der Waals surface area contributed by atoms with Crippen molar-refractivity contribution in [1.82, 2.24) is 5.32 Å². The van der Waals surface area contributed by atoms with E-state index in [4.69, 9.17) is 11.2 Å². The number of unbranched alkanes of at least 4 members (excludes halogenated alkanes) is 3. The van der Waals surface area contributed by atoms with Gasteiger partial charge in [-0.3, -0.25) is 4.79 Å². The summed E-state index contributed by atoms with van der Waals surface area (Å²) in [4.78, 5) is 11.4. The Kier molecular flexibility index (Phi) is 9.40. The highest BCUT2D eigenvalue weighted by Gasteiger charge is 2.10. The molecule has 0 unspecified atom stereocenters. The maximum Gasteiger partial charge on any atom is 0.245 e. The lowest BCUT2D eigenvalue weighted by Gasteiger charge is -2.17. The van der Waals surface area contributed by atoms with Crippen molar-refractivity contribution in [2.75, 3.05) is 19.8 Å². The molecule has 0 aliphatic heterocycles. The van der Waals surface area contributed by atoms with E-state index in [0.717, 1.165) is 32.1 Å². The molecule has 0 bridgehead atoms. The molecule has 3 heteroatoms. The van der Waals surface area contributed by atoms with Gasteiger partial charge < -0.3 is 10.1 Å². The number of ether oxygens (including phenoxy) is 1. The molecule has 0 rings (SSSR count). The molecule has 0 saturated carbocycles. The molecule has 18 heavy (non-hydrogen) atoms. The lowest BCUT2D eigenvalue weighted by atomic mass is 9.92. The van der Waals surface area contributed by atoms with Gasteiger partial charge in [-0.05, 0) is 24.7 Å². The fraction of sp³-hybridized carbons (Fsp3) is 0.800. The van der Waals surface area contributed by atoms with Crippen molar-refractivity contribution in [2.24, 2.45) is 5.41 Å². The Morgan fingerprint density at radius 3 is 2.61 bits per heavy atom. The lowest BCUT2D eigenvalue weighted by molar-refractivity contribution is -0.125. The van der Waals surface area contributed by atoms with Crippen molar-refractivity contribution in [2.45, 2.75) is 52.9 Å². The molecule has 0 aliphatic carbocycles. The molecule has 0 aliphatic rings. The van der Waals surface area contributed by atoms with Crippen LogP contribution in [0.5, 0.6) is 0 Å². The van der Waals surface area contributed by atoms with Crippen LogP contribution in [0.4, 0.5) is 0 Å². The number of carbonyl (C=O) groups excluding carboxylic acids is 1. The predicted molar refractivity (Wildman–Crippen MR) is 75.2 cm³/mol. The highest BCUT2D eigenvalue weighted by Crippen LogP contribution is 2.16. The summed E-state index contributed by atoms with van der Waals surface area (Å²) in [5.74, 6) is 2.58. The fourth-order valence-corrected chi connectivity index (χ4v) is 1.40. The molecule has 0 heterocycles. The van der Waals surface area contributed by atoms with Crippen molar-refractivity contribution in [1.29, 1.82) is 0 Å². The van der Waals surface area contributed by atoms with E-state index < -0.39 is 0 Å². The third kappa shape index (κ3) is 13.1. The molecule has 0 spiro atoms. The van der Waals surface area contributed by atoms with Crippen LogP contribution >= 0.6 is 0 Å². The minimum absolute atomic E-state index is 0.0251. The highest BCUT2D eigenvalue weighted by atomic mass is 16.5. The maximum atomic E-state index is 11.4. The third-order valence-electron chi connectivity index (χ3n) is 2.54. The van der Waals surface area contributed by atoms with E-state index in [-0.39, 0.29) is 17.9 Å². The van der Waals surface area contributed by atoms with Crippen molar-refractivity contribution >= 4 is 5.91 Å². The second-order valence-corrected chi connectivity index (χ2v) is 5.73. The summed E-state index contributed by atoms with van der Waals surface area (Å²) in [5, 5.41) is 2.86. The van der Waals surface area contributed by atoms with Gasteiger partial charge in [-0.2, -0.15) is 0 Å². The topological polar surface area (TPSA) is 38.3 Å². The van der Waals surface area contributed by atoms with Crippen LogP contribution in [0.25, 0.3) is 0 Å². The Hall–Kier alpha value is -1.01. The molecule has 0 saturated heterocycles.